The van der Waals surface area contributed by atoms with Gasteiger partial charge in [0, 0.05) is 6.20 Å². The normalized spacial score (nSPS) is 9.81. The van der Waals surface area contributed by atoms with Crippen molar-refractivity contribution in [2.75, 3.05) is 5.32 Å². The molecule has 0 fully saturated rings. The van der Waals surface area contributed by atoms with Gasteiger partial charge in [0.25, 0.3) is 5.91 Å². The molecule has 0 spiro atoms. The molecule has 0 radical (unpaired) electrons. The topological polar surface area (TPSA) is 80.7 Å². The van der Waals surface area contributed by atoms with Crippen LogP contribution in [0.3, 0.4) is 0 Å². The molecule has 0 aliphatic carbocycles. The van der Waals surface area contributed by atoms with E-state index in [0.717, 1.165) is 0 Å². The highest BCUT2D eigenvalue weighted by Crippen LogP contribution is 2.04. The standard InChI is InChI=1S/C9H6ClN5O/c10-7-5-11-6(4-12-7)9(16)14-8-2-1-3-13-15-8/h1-5H,(H,14,15,16). The van der Waals surface area contributed by atoms with Gasteiger partial charge in [-0.1, -0.05) is 11.6 Å². The van der Waals surface area contributed by atoms with Gasteiger partial charge in [-0.05, 0) is 12.1 Å². The number of amides is 1. The van der Waals surface area contributed by atoms with E-state index >= 15 is 0 Å². The maximum Gasteiger partial charge on any atom is 0.277 e. The van der Waals surface area contributed by atoms with Gasteiger partial charge < -0.3 is 5.32 Å². The minimum Gasteiger partial charge on any atom is -0.304 e. The molecule has 0 saturated carbocycles. The van der Waals surface area contributed by atoms with Crippen LogP contribution < -0.4 is 5.32 Å². The van der Waals surface area contributed by atoms with Crippen molar-refractivity contribution in [3.63, 3.8) is 0 Å². The molecule has 0 saturated heterocycles. The van der Waals surface area contributed by atoms with Gasteiger partial charge in [-0.25, -0.2) is 9.97 Å². The summed E-state index contributed by atoms with van der Waals surface area (Å²) in [5, 5.41) is 10.1. The third-order valence-corrected chi connectivity index (χ3v) is 1.86. The Balaban J connectivity index is 2.12. The van der Waals surface area contributed by atoms with Gasteiger partial charge in [-0.15, -0.1) is 5.10 Å². The summed E-state index contributed by atoms with van der Waals surface area (Å²) in [4.78, 5) is 19.2. The summed E-state index contributed by atoms with van der Waals surface area (Å²) in [6, 6.07) is 3.28. The Morgan fingerprint density at radius 3 is 2.81 bits per heavy atom. The molecule has 0 aliphatic heterocycles. The van der Waals surface area contributed by atoms with Crippen LogP contribution in [0.5, 0.6) is 0 Å². The van der Waals surface area contributed by atoms with Gasteiger partial charge in [-0.2, -0.15) is 5.10 Å². The van der Waals surface area contributed by atoms with Crippen LogP contribution >= 0.6 is 11.6 Å². The number of nitrogens with one attached hydrogen (secondary N) is 1. The Bertz CT molecular complexity index is 487. The first-order valence-electron chi connectivity index (χ1n) is 4.32. The van der Waals surface area contributed by atoms with E-state index in [1.807, 2.05) is 0 Å². The highest BCUT2D eigenvalue weighted by Gasteiger charge is 2.08. The van der Waals surface area contributed by atoms with Gasteiger partial charge >= 0.3 is 0 Å². The average Bonchev–Trinajstić information content (AvgIpc) is 2.31. The number of carbonyl (C=O) groups is 1. The molecular weight excluding hydrogens is 230 g/mol. The number of hydrogen-bond donors (Lipinski definition) is 1. The van der Waals surface area contributed by atoms with Crippen molar-refractivity contribution in [1.29, 1.82) is 0 Å². The van der Waals surface area contributed by atoms with E-state index in [1.165, 1.54) is 18.6 Å². The highest BCUT2D eigenvalue weighted by molar-refractivity contribution is 6.29. The van der Waals surface area contributed by atoms with Crippen LogP contribution in [0.1, 0.15) is 10.5 Å². The fraction of sp³-hybridized carbons (Fsp3) is 0. The maximum atomic E-state index is 11.6. The predicted molar refractivity (Wildman–Crippen MR) is 57.0 cm³/mol. The van der Waals surface area contributed by atoms with Crippen LogP contribution in [-0.2, 0) is 0 Å². The molecule has 0 bridgehead atoms. The van der Waals surface area contributed by atoms with E-state index in [4.69, 9.17) is 11.6 Å². The molecule has 0 aliphatic rings. The van der Waals surface area contributed by atoms with E-state index in [-0.39, 0.29) is 10.8 Å². The van der Waals surface area contributed by atoms with Crippen LogP contribution in [0.4, 0.5) is 5.82 Å². The fourth-order valence-electron chi connectivity index (χ4n) is 0.978. The molecule has 1 amide bonds. The average molecular weight is 236 g/mol. The van der Waals surface area contributed by atoms with E-state index in [0.29, 0.717) is 5.82 Å². The summed E-state index contributed by atoms with van der Waals surface area (Å²) >= 11 is 5.55. The van der Waals surface area contributed by atoms with Crippen molar-refractivity contribution >= 4 is 23.3 Å². The quantitative estimate of drug-likeness (QED) is 0.845. The van der Waals surface area contributed by atoms with Crippen LogP contribution in [0.15, 0.2) is 30.7 Å². The lowest BCUT2D eigenvalue weighted by Crippen LogP contribution is -2.15. The molecule has 2 aromatic heterocycles. The first-order chi connectivity index (χ1) is 7.75. The minimum absolute atomic E-state index is 0.162. The first-order valence-corrected chi connectivity index (χ1v) is 4.70. The Morgan fingerprint density at radius 2 is 2.19 bits per heavy atom. The second-order valence-electron chi connectivity index (χ2n) is 2.79. The summed E-state index contributed by atoms with van der Waals surface area (Å²) in [7, 11) is 0. The summed E-state index contributed by atoms with van der Waals surface area (Å²) in [5.74, 6) is -0.0612. The van der Waals surface area contributed by atoms with E-state index in [2.05, 4.69) is 25.5 Å². The number of aromatic nitrogens is 4. The van der Waals surface area contributed by atoms with Gasteiger partial charge in [-0.3, -0.25) is 4.79 Å². The zero-order valence-electron chi connectivity index (χ0n) is 7.96. The Hall–Kier alpha value is -2.08. The van der Waals surface area contributed by atoms with Crippen LogP contribution in [0, 0.1) is 0 Å². The van der Waals surface area contributed by atoms with Crippen molar-refractivity contribution < 1.29 is 4.79 Å². The summed E-state index contributed by atoms with van der Waals surface area (Å²) in [5.41, 5.74) is 0.162. The number of rotatable bonds is 2. The summed E-state index contributed by atoms with van der Waals surface area (Å²) < 4.78 is 0. The maximum absolute atomic E-state index is 11.6. The van der Waals surface area contributed by atoms with Crippen LogP contribution in [0.2, 0.25) is 5.15 Å². The molecular formula is C9H6ClN5O. The largest absolute Gasteiger partial charge is 0.304 e. The Kier molecular flexibility index (Phi) is 3.02. The van der Waals surface area contributed by atoms with E-state index in [1.54, 1.807) is 12.1 Å². The smallest absolute Gasteiger partial charge is 0.277 e. The van der Waals surface area contributed by atoms with E-state index in [9.17, 15) is 4.79 Å². The first kappa shape index (κ1) is 10.4. The highest BCUT2D eigenvalue weighted by atomic mass is 35.5. The number of hydrogen-bond acceptors (Lipinski definition) is 5. The molecule has 7 heteroatoms. The Labute approximate surface area is 95.7 Å². The number of carbonyl (C=O) groups excluding carboxylic acids is 1. The molecule has 0 aromatic carbocycles. The molecule has 16 heavy (non-hydrogen) atoms. The van der Waals surface area contributed by atoms with Crippen molar-refractivity contribution in [3.8, 4) is 0 Å². The van der Waals surface area contributed by atoms with Crippen molar-refractivity contribution in [2.45, 2.75) is 0 Å². The van der Waals surface area contributed by atoms with Gasteiger partial charge in [0.1, 0.15) is 10.8 Å². The summed E-state index contributed by atoms with van der Waals surface area (Å²) in [6.45, 7) is 0. The second-order valence-corrected chi connectivity index (χ2v) is 3.17. The zero-order valence-corrected chi connectivity index (χ0v) is 8.72. The second kappa shape index (κ2) is 4.63. The monoisotopic (exact) mass is 235 g/mol. The Morgan fingerprint density at radius 1 is 1.31 bits per heavy atom. The number of anilines is 1. The van der Waals surface area contributed by atoms with Gasteiger partial charge in [0.2, 0.25) is 0 Å². The molecule has 2 rings (SSSR count). The molecule has 2 aromatic rings. The van der Waals surface area contributed by atoms with Crippen LogP contribution in [-0.4, -0.2) is 26.1 Å². The lowest BCUT2D eigenvalue weighted by molar-refractivity contribution is 0.102. The lowest BCUT2D eigenvalue weighted by Gasteiger charge is -2.01. The van der Waals surface area contributed by atoms with Gasteiger partial charge in [0.15, 0.2) is 5.82 Å². The van der Waals surface area contributed by atoms with Crippen molar-refractivity contribution in [3.05, 3.63) is 41.6 Å². The van der Waals surface area contributed by atoms with Gasteiger partial charge in [0.05, 0.1) is 12.4 Å². The SMILES string of the molecule is O=C(Nc1cccnn1)c1cnc(Cl)cn1. The predicted octanol–water partition coefficient (Wildman–Crippen LogP) is 1.17. The number of halogens is 1. The molecule has 0 unspecified atom stereocenters. The zero-order chi connectivity index (χ0) is 11.4. The molecule has 2 heterocycles. The molecule has 6 nitrogen and oxygen atoms in total. The third-order valence-electron chi connectivity index (χ3n) is 1.67. The van der Waals surface area contributed by atoms with Crippen LogP contribution in [0.25, 0.3) is 0 Å². The lowest BCUT2D eigenvalue weighted by atomic mass is 10.4. The van der Waals surface area contributed by atoms with E-state index < -0.39 is 5.91 Å². The summed E-state index contributed by atoms with van der Waals surface area (Å²) in [6.07, 6.45) is 4.10. The molecule has 80 valence electrons. The van der Waals surface area contributed by atoms with Crippen molar-refractivity contribution in [1.82, 2.24) is 20.2 Å². The van der Waals surface area contributed by atoms with Crippen molar-refractivity contribution in [2.24, 2.45) is 0 Å². The molecule has 0 atom stereocenters. The molecule has 1 N–H and O–H groups in total. The number of nitrogens with zero attached hydrogens (tertiary/aromatic N) is 4. The fourth-order valence-corrected chi connectivity index (χ4v) is 1.08. The third kappa shape index (κ3) is 2.48. The minimum atomic E-state index is -0.412.